The maximum Gasteiger partial charge on any atom is 0.325 e. The summed E-state index contributed by atoms with van der Waals surface area (Å²) in [6.07, 6.45) is 2.20. The highest BCUT2D eigenvalue weighted by Crippen LogP contribution is 1.99. The average Bonchev–Trinajstić information content (AvgIpc) is 2.05. The number of hydrogen-bond donors (Lipinski definition) is 3. The van der Waals surface area contributed by atoms with E-state index in [9.17, 15) is 4.79 Å². The fraction of sp³-hybridized carbons (Fsp3) is 0.857. The highest BCUT2D eigenvalue weighted by atomic mass is 16.6. The number of esters is 1. The molecule has 0 aliphatic heterocycles. The summed E-state index contributed by atoms with van der Waals surface area (Å²) in [6.45, 7) is -0.00874. The number of hydrogen-bond acceptors (Lipinski definition) is 5. The number of aliphatic hydroxyl groups excluding tert-OH is 1. The van der Waals surface area contributed by atoms with Crippen LogP contribution < -0.4 is 11.5 Å². The van der Waals surface area contributed by atoms with Gasteiger partial charge in [0.05, 0.1) is 0 Å². The van der Waals surface area contributed by atoms with E-state index in [2.05, 4.69) is 4.74 Å². The van der Waals surface area contributed by atoms with Crippen LogP contribution in [0.25, 0.3) is 0 Å². The van der Waals surface area contributed by atoms with Gasteiger partial charge in [-0.05, 0) is 19.4 Å². The minimum Gasteiger partial charge on any atom is -0.438 e. The molecule has 0 amide bonds. The lowest BCUT2D eigenvalue weighted by atomic mass is 10.1. The van der Waals surface area contributed by atoms with Crippen molar-refractivity contribution in [1.82, 2.24) is 0 Å². The molecule has 0 heterocycles. The Labute approximate surface area is 71.7 Å². The van der Waals surface area contributed by atoms with Crippen LogP contribution in [0, 0.1) is 0 Å². The molecule has 1 atom stereocenters. The van der Waals surface area contributed by atoms with E-state index in [1.165, 1.54) is 0 Å². The topological polar surface area (TPSA) is 98.6 Å². The van der Waals surface area contributed by atoms with Crippen LogP contribution in [0.2, 0.25) is 0 Å². The molecule has 0 fully saturated rings. The molecule has 0 radical (unpaired) electrons. The van der Waals surface area contributed by atoms with Crippen molar-refractivity contribution in [3.8, 4) is 0 Å². The van der Waals surface area contributed by atoms with Gasteiger partial charge in [-0.15, -0.1) is 0 Å². The molecule has 0 aliphatic rings. The summed E-state index contributed by atoms with van der Waals surface area (Å²) in [5.41, 5.74) is 10.7. The predicted octanol–water partition coefficient (Wildman–Crippen LogP) is -1.06. The summed E-state index contributed by atoms with van der Waals surface area (Å²) < 4.78 is 4.29. The molecule has 0 spiro atoms. The van der Waals surface area contributed by atoms with Crippen molar-refractivity contribution in [2.45, 2.75) is 25.3 Å². The van der Waals surface area contributed by atoms with Gasteiger partial charge < -0.3 is 21.3 Å². The maximum atomic E-state index is 10.8. The van der Waals surface area contributed by atoms with E-state index >= 15 is 0 Å². The van der Waals surface area contributed by atoms with Crippen molar-refractivity contribution in [3.63, 3.8) is 0 Å². The van der Waals surface area contributed by atoms with Crippen molar-refractivity contribution in [3.05, 3.63) is 0 Å². The summed E-state index contributed by atoms with van der Waals surface area (Å²) in [5, 5.41) is 8.24. The number of ether oxygens (including phenoxy) is 1. The van der Waals surface area contributed by atoms with Crippen LogP contribution in [-0.2, 0) is 9.53 Å². The minimum absolute atomic E-state index is 0.552. The summed E-state index contributed by atoms with van der Waals surface area (Å²) >= 11 is 0. The van der Waals surface area contributed by atoms with E-state index in [4.69, 9.17) is 16.6 Å². The molecule has 5 nitrogen and oxygen atoms in total. The van der Waals surface area contributed by atoms with E-state index < -0.39 is 18.8 Å². The number of rotatable bonds is 6. The van der Waals surface area contributed by atoms with Gasteiger partial charge in [0.15, 0.2) is 6.79 Å². The summed E-state index contributed by atoms with van der Waals surface area (Å²) in [4.78, 5) is 10.8. The van der Waals surface area contributed by atoms with E-state index in [-0.39, 0.29) is 0 Å². The van der Waals surface area contributed by atoms with Gasteiger partial charge in [0.2, 0.25) is 0 Å². The van der Waals surface area contributed by atoms with Crippen molar-refractivity contribution in [2.75, 3.05) is 13.3 Å². The second kappa shape index (κ2) is 7.02. The Bertz CT molecular complexity index is 130. The van der Waals surface area contributed by atoms with Crippen LogP contribution in [0.4, 0.5) is 0 Å². The molecule has 0 aromatic heterocycles. The van der Waals surface area contributed by atoms with Gasteiger partial charge >= 0.3 is 5.97 Å². The monoisotopic (exact) mass is 176 g/mol. The largest absolute Gasteiger partial charge is 0.438 e. The van der Waals surface area contributed by atoms with Crippen molar-refractivity contribution < 1.29 is 14.6 Å². The number of unbranched alkanes of at least 4 members (excludes halogenated alkanes) is 1. The van der Waals surface area contributed by atoms with Crippen molar-refractivity contribution in [1.29, 1.82) is 0 Å². The molecule has 12 heavy (non-hydrogen) atoms. The number of nitrogens with two attached hydrogens (primary N) is 2. The SMILES string of the molecule is NCCCC[C@H](N)C(=O)OCO. The van der Waals surface area contributed by atoms with Gasteiger partial charge in [-0.1, -0.05) is 6.42 Å². The Balaban J connectivity index is 3.42. The molecule has 0 aromatic rings. The van der Waals surface area contributed by atoms with E-state index in [0.29, 0.717) is 13.0 Å². The van der Waals surface area contributed by atoms with Crippen LogP contribution in [-0.4, -0.2) is 30.5 Å². The van der Waals surface area contributed by atoms with Crippen LogP contribution in [0.15, 0.2) is 0 Å². The van der Waals surface area contributed by atoms with E-state index in [0.717, 1.165) is 12.8 Å². The molecule has 0 unspecified atom stereocenters. The quantitative estimate of drug-likeness (QED) is 0.272. The zero-order valence-electron chi connectivity index (χ0n) is 7.03. The summed E-state index contributed by atoms with van der Waals surface area (Å²) in [7, 11) is 0. The molecular formula is C7H16N2O3. The Morgan fingerprint density at radius 2 is 2.17 bits per heavy atom. The zero-order valence-corrected chi connectivity index (χ0v) is 7.03. The second-order valence-electron chi connectivity index (χ2n) is 2.48. The Hall–Kier alpha value is -0.650. The smallest absolute Gasteiger partial charge is 0.325 e. The molecule has 0 saturated carbocycles. The third kappa shape index (κ3) is 5.06. The standard InChI is InChI=1S/C7H16N2O3/c8-4-2-1-3-6(9)7(11)12-5-10/h6,10H,1-5,8-9H2/t6-/m0/s1. The maximum absolute atomic E-state index is 10.8. The van der Waals surface area contributed by atoms with Crippen molar-refractivity contribution in [2.24, 2.45) is 11.5 Å². The number of carbonyl (C=O) groups excluding carboxylic acids is 1. The molecule has 0 aromatic carbocycles. The van der Waals surface area contributed by atoms with Crippen molar-refractivity contribution >= 4 is 5.97 Å². The molecule has 0 aliphatic carbocycles. The Kier molecular flexibility index (Phi) is 6.64. The highest BCUT2D eigenvalue weighted by Gasteiger charge is 2.13. The van der Waals surface area contributed by atoms with Crippen LogP contribution in [0.3, 0.4) is 0 Å². The van der Waals surface area contributed by atoms with Crippen LogP contribution in [0.5, 0.6) is 0 Å². The normalized spacial score (nSPS) is 12.6. The van der Waals surface area contributed by atoms with Gasteiger partial charge in [0.25, 0.3) is 0 Å². The summed E-state index contributed by atoms with van der Waals surface area (Å²) in [5.74, 6) is -0.561. The highest BCUT2D eigenvalue weighted by molar-refractivity contribution is 5.75. The predicted molar refractivity (Wildman–Crippen MR) is 44.1 cm³/mol. The van der Waals surface area contributed by atoms with Crippen LogP contribution >= 0.6 is 0 Å². The van der Waals surface area contributed by atoms with Gasteiger partial charge in [-0.2, -0.15) is 0 Å². The first-order valence-electron chi connectivity index (χ1n) is 3.95. The Morgan fingerprint density at radius 3 is 2.67 bits per heavy atom. The lowest BCUT2D eigenvalue weighted by molar-refractivity contribution is -0.153. The van der Waals surface area contributed by atoms with Gasteiger partial charge in [-0.3, -0.25) is 4.79 Å². The first-order chi connectivity index (χ1) is 5.72. The fourth-order valence-electron chi connectivity index (χ4n) is 0.797. The molecule has 5 N–H and O–H groups in total. The fourth-order valence-corrected chi connectivity index (χ4v) is 0.797. The first kappa shape index (κ1) is 11.4. The lowest BCUT2D eigenvalue weighted by Gasteiger charge is -2.08. The summed E-state index contributed by atoms with van der Waals surface area (Å²) in [6, 6.07) is -0.635. The zero-order chi connectivity index (χ0) is 9.40. The van der Waals surface area contributed by atoms with Crippen LogP contribution in [0.1, 0.15) is 19.3 Å². The molecule has 0 saturated heterocycles. The molecule has 5 heteroatoms. The average molecular weight is 176 g/mol. The number of aliphatic hydroxyl groups is 1. The molecule has 0 rings (SSSR count). The third-order valence-corrected chi connectivity index (χ3v) is 1.48. The first-order valence-corrected chi connectivity index (χ1v) is 3.95. The molecular weight excluding hydrogens is 160 g/mol. The molecule has 0 bridgehead atoms. The van der Waals surface area contributed by atoms with Gasteiger partial charge in [-0.25, -0.2) is 0 Å². The third-order valence-electron chi connectivity index (χ3n) is 1.48. The van der Waals surface area contributed by atoms with Gasteiger partial charge in [0, 0.05) is 0 Å². The van der Waals surface area contributed by atoms with E-state index in [1.54, 1.807) is 0 Å². The van der Waals surface area contributed by atoms with E-state index in [1.807, 2.05) is 0 Å². The molecule has 72 valence electrons. The minimum atomic E-state index is -0.635. The Morgan fingerprint density at radius 1 is 1.50 bits per heavy atom. The lowest BCUT2D eigenvalue weighted by Crippen LogP contribution is -2.32. The number of carbonyl (C=O) groups is 1. The second-order valence-corrected chi connectivity index (χ2v) is 2.48. The van der Waals surface area contributed by atoms with Gasteiger partial charge in [0.1, 0.15) is 6.04 Å².